The van der Waals surface area contributed by atoms with E-state index in [9.17, 15) is 5.26 Å². The molecule has 0 bridgehead atoms. The fourth-order valence-corrected chi connectivity index (χ4v) is 3.46. The SMILES string of the molecule is C[C@H]1O[C@@](C#N)(c2ccc3c(N)ncnn23)[C@@H]2OC(C)(C)O[C@@H]21. The van der Waals surface area contributed by atoms with Crippen LogP contribution in [0.2, 0.25) is 0 Å². The smallest absolute Gasteiger partial charge is 0.225 e. The summed E-state index contributed by atoms with van der Waals surface area (Å²) in [6, 6.07) is 5.82. The largest absolute Gasteiger partial charge is 0.382 e. The summed E-state index contributed by atoms with van der Waals surface area (Å²) in [5.74, 6) is -0.429. The lowest BCUT2D eigenvalue weighted by molar-refractivity contribution is -0.199. The average Bonchev–Trinajstić information content (AvgIpc) is 3.13. The normalized spacial score (nSPS) is 35.3. The first-order valence-electron chi connectivity index (χ1n) is 7.41. The molecule has 2 saturated heterocycles. The van der Waals surface area contributed by atoms with Crippen LogP contribution in [0, 0.1) is 11.3 Å². The number of nitriles is 1. The molecule has 0 aromatic carbocycles. The van der Waals surface area contributed by atoms with Crippen LogP contribution < -0.4 is 5.73 Å². The van der Waals surface area contributed by atoms with Crippen molar-refractivity contribution < 1.29 is 14.2 Å². The minimum atomic E-state index is -1.31. The summed E-state index contributed by atoms with van der Waals surface area (Å²) in [7, 11) is 0. The highest BCUT2D eigenvalue weighted by molar-refractivity contribution is 5.66. The van der Waals surface area contributed by atoms with E-state index < -0.39 is 17.5 Å². The Labute approximate surface area is 132 Å². The number of ether oxygens (including phenoxy) is 3. The van der Waals surface area contributed by atoms with Gasteiger partial charge in [0.15, 0.2) is 11.6 Å². The van der Waals surface area contributed by atoms with Gasteiger partial charge in [-0.2, -0.15) is 10.4 Å². The van der Waals surface area contributed by atoms with E-state index in [0.717, 1.165) is 0 Å². The Balaban J connectivity index is 1.91. The lowest BCUT2D eigenvalue weighted by Gasteiger charge is -2.28. The Morgan fingerprint density at radius 3 is 2.83 bits per heavy atom. The van der Waals surface area contributed by atoms with Gasteiger partial charge >= 0.3 is 0 Å². The van der Waals surface area contributed by atoms with Crippen LogP contribution in [0.3, 0.4) is 0 Å². The van der Waals surface area contributed by atoms with Crippen molar-refractivity contribution in [2.75, 3.05) is 5.73 Å². The van der Waals surface area contributed by atoms with Gasteiger partial charge in [0, 0.05) is 0 Å². The Hall–Kier alpha value is -2.21. The maximum atomic E-state index is 9.95. The number of rotatable bonds is 1. The molecular weight excluding hydrogens is 298 g/mol. The van der Waals surface area contributed by atoms with Crippen molar-refractivity contribution in [3.8, 4) is 6.07 Å². The molecule has 0 radical (unpaired) electrons. The van der Waals surface area contributed by atoms with Gasteiger partial charge in [0.2, 0.25) is 5.60 Å². The summed E-state index contributed by atoms with van der Waals surface area (Å²) in [6.07, 6.45) is 0.190. The van der Waals surface area contributed by atoms with Gasteiger partial charge in [0.1, 0.15) is 30.1 Å². The Morgan fingerprint density at radius 1 is 1.30 bits per heavy atom. The molecule has 2 aliphatic rings. The van der Waals surface area contributed by atoms with Gasteiger partial charge < -0.3 is 19.9 Å². The number of aromatic nitrogens is 3. The molecule has 8 heteroatoms. The predicted molar refractivity (Wildman–Crippen MR) is 79.1 cm³/mol. The zero-order valence-electron chi connectivity index (χ0n) is 13.1. The Morgan fingerprint density at radius 2 is 2.09 bits per heavy atom. The van der Waals surface area contributed by atoms with Crippen LogP contribution >= 0.6 is 0 Å². The first kappa shape index (κ1) is 14.4. The summed E-state index contributed by atoms with van der Waals surface area (Å²) in [6.45, 7) is 5.54. The monoisotopic (exact) mass is 315 g/mol. The van der Waals surface area contributed by atoms with Gasteiger partial charge in [-0.1, -0.05) is 0 Å². The van der Waals surface area contributed by atoms with Gasteiger partial charge in [-0.15, -0.1) is 0 Å². The maximum Gasteiger partial charge on any atom is 0.225 e. The first-order valence-corrected chi connectivity index (χ1v) is 7.41. The zero-order valence-corrected chi connectivity index (χ0v) is 13.1. The lowest BCUT2D eigenvalue weighted by Crippen LogP contribution is -2.40. The summed E-state index contributed by atoms with van der Waals surface area (Å²) in [4.78, 5) is 3.97. The average molecular weight is 315 g/mol. The molecule has 4 rings (SSSR count). The number of hydrogen-bond donors (Lipinski definition) is 1. The molecule has 0 unspecified atom stereocenters. The van der Waals surface area contributed by atoms with E-state index in [1.54, 1.807) is 16.6 Å². The first-order chi connectivity index (χ1) is 10.9. The molecule has 2 aromatic heterocycles. The molecule has 4 heterocycles. The van der Waals surface area contributed by atoms with E-state index in [1.807, 2.05) is 20.8 Å². The van der Waals surface area contributed by atoms with E-state index in [-0.39, 0.29) is 12.2 Å². The van der Waals surface area contributed by atoms with E-state index in [2.05, 4.69) is 16.2 Å². The molecule has 8 nitrogen and oxygen atoms in total. The topological polar surface area (TPSA) is 108 Å². The van der Waals surface area contributed by atoms with Gasteiger partial charge in [0.25, 0.3) is 0 Å². The van der Waals surface area contributed by atoms with Gasteiger partial charge in [-0.05, 0) is 32.9 Å². The van der Waals surface area contributed by atoms with Gasteiger partial charge in [-0.25, -0.2) is 9.50 Å². The third-order valence-electron chi connectivity index (χ3n) is 4.39. The fraction of sp³-hybridized carbons (Fsp3) is 0.533. The molecule has 2 aliphatic heterocycles. The second-order valence-electron chi connectivity index (χ2n) is 6.35. The molecule has 2 fully saturated rings. The molecule has 120 valence electrons. The van der Waals surface area contributed by atoms with Crippen molar-refractivity contribution in [3.63, 3.8) is 0 Å². The van der Waals surface area contributed by atoms with E-state index >= 15 is 0 Å². The predicted octanol–water partition coefficient (Wildman–Crippen LogP) is 0.969. The third-order valence-corrected chi connectivity index (χ3v) is 4.39. The van der Waals surface area contributed by atoms with Crippen molar-refractivity contribution in [1.82, 2.24) is 14.6 Å². The third kappa shape index (κ3) is 1.81. The minimum absolute atomic E-state index is 0.286. The number of fused-ring (bicyclic) bond motifs is 2. The highest BCUT2D eigenvalue weighted by Crippen LogP contribution is 2.49. The van der Waals surface area contributed by atoms with Crippen LogP contribution in [0.5, 0.6) is 0 Å². The molecule has 4 atom stereocenters. The van der Waals surface area contributed by atoms with Crippen LogP contribution in [0.1, 0.15) is 26.5 Å². The molecule has 0 amide bonds. The van der Waals surface area contributed by atoms with Crippen LogP contribution in [0.15, 0.2) is 18.5 Å². The Kier molecular flexibility index (Phi) is 2.76. The summed E-state index contributed by atoms with van der Waals surface area (Å²) >= 11 is 0. The highest BCUT2D eigenvalue weighted by Gasteiger charge is 2.64. The van der Waals surface area contributed by atoms with Crippen molar-refractivity contribution in [2.45, 2.75) is 50.5 Å². The number of anilines is 1. The van der Waals surface area contributed by atoms with E-state index in [4.69, 9.17) is 19.9 Å². The van der Waals surface area contributed by atoms with Gasteiger partial charge in [0.05, 0.1) is 11.8 Å². The van der Waals surface area contributed by atoms with E-state index in [1.165, 1.54) is 6.33 Å². The number of nitrogens with zero attached hydrogens (tertiary/aromatic N) is 4. The molecule has 0 saturated carbocycles. The van der Waals surface area contributed by atoms with Crippen LogP contribution in [-0.2, 0) is 19.8 Å². The van der Waals surface area contributed by atoms with Crippen molar-refractivity contribution in [2.24, 2.45) is 0 Å². The molecule has 23 heavy (non-hydrogen) atoms. The fourth-order valence-electron chi connectivity index (χ4n) is 3.46. The molecule has 0 aliphatic carbocycles. The summed E-state index contributed by atoms with van der Waals surface area (Å²) in [5.41, 5.74) is 5.74. The summed E-state index contributed by atoms with van der Waals surface area (Å²) < 4.78 is 19.5. The number of hydrogen-bond acceptors (Lipinski definition) is 7. The molecule has 0 spiro atoms. The minimum Gasteiger partial charge on any atom is -0.382 e. The Bertz CT molecular complexity index is 826. The second kappa shape index (κ2) is 4.41. The molecule has 2 aromatic rings. The van der Waals surface area contributed by atoms with Crippen molar-refractivity contribution in [1.29, 1.82) is 5.26 Å². The summed E-state index contributed by atoms with van der Waals surface area (Å²) in [5, 5.41) is 14.2. The van der Waals surface area contributed by atoms with Crippen LogP contribution in [-0.4, -0.2) is 38.7 Å². The quantitative estimate of drug-likeness (QED) is 0.835. The van der Waals surface area contributed by atoms with Crippen molar-refractivity contribution in [3.05, 3.63) is 24.2 Å². The zero-order chi connectivity index (χ0) is 16.4. The molecule has 2 N–H and O–H groups in total. The van der Waals surface area contributed by atoms with Crippen LogP contribution in [0.4, 0.5) is 5.82 Å². The van der Waals surface area contributed by atoms with Gasteiger partial charge in [-0.3, -0.25) is 0 Å². The standard InChI is InChI=1S/C15H17N5O3/c1-8-11-12(23-14(2,3)22-11)15(6-16,21-8)10-5-4-9-13(17)18-7-19-20(9)10/h4-5,7-8,11-12H,1-3H3,(H2,17,18,19)/t8-,11-,12-,15+/m1/s1. The molecular formula is C15H17N5O3. The van der Waals surface area contributed by atoms with E-state index in [0.29, 0.717) is 17.0 Å². The maximum absolute atomic E-state index is 9.95. The second-order valence-corrected chi connectivity index (χ2v) is 6.35. The lowest BCUT2D eigenvalue weighted by atomic mass is 9.93. The van der Waals surface area contributed by atoms with Crippen LogP contribution in [0.25, 0.3) is 5.52 Å². The number of nitrogen functional groups attached to an aromatic ring is 1. The number of nitrogens with two attached hydrogens (primary N) is 1. The van der Waals surface area contributed by atoms with Crippen molar-refractivity contribution >= 4 is 11.3 Å². The highest BCUT2D eigenvalue weighted by atomic mass is 16.8.